The van der Waals surface area contributed by atoms with Gasteiger partial charge in [0.25, 0.3) is 0 Å². The zero-order chi connectivity index (χ0) is 10.8. The van der Waals surface area contributed by atoms with Gasteiger partial charge < -0.3 is 10.8 Å². The molecule has 0 spiro atoms. The second-order valence-electron chi connectivity index (χ2n) is 4.26. The Balaban J connectivity index is 0.00000128. The first-order valence-electron chi connectivity index (χ1n) is 5.37. The predicted octanol–water partition coefficient (Wildman–Crippen LogP) is 2.87. The molecule has 0 heterocycles. The molecule has 16 heavy (non-hydrogen) atoms. The van der Waals surface area contributed by atoms with Crippen molar-refractivity contribution in [3.05, 3.63) is 33.4 Å². The summed E-state index contributed by atoms with van der Waals surface area (Å²) in [6.45, 7) is 0. The van der Waals surface area contributed by atoms with Gasteiger partial charge in [-0.25, -0.2) is 0 Å². The van der Waals surface area contributed by atoms with E-state index in [0.29, 0.717) is 5.92 Å². The average molecular weight is 354 g/mol. The fraction of sp³-hybridized carbons (Fsp3) is 0.500. The molecule has 90 valence electrons. The number of nitrogens with two attached hydrogens (primary N) is 1. The van der Waals surface area contributed by atoms with Gasteiger partial charge in [-0.15, -0.1) is 12.4 Å². The molecule has 1 aliphatic carbocycles. The fourth-order valence-corrected chi connectivity index (χ4v) is 2.55. The first-order chi connectivity index (χ1) is 7.18. The van der Waals surface area contributed by atoms with Gasteiger partial charge in [-0.3, -0.25) is 0 Å². The maximum absolute atomic E-state index is 10.1. The Kier molecular flexibility index (Phi) is 5.50. The lowest BCUT2D eigenvalue weighted by molar-refractivity contribution is 0.0413. The first-order valence-corrected chi connectivity index (χ1v) is 6.45. The van der Waals surface area contributed by atoms with Gasteiger partial charge >= 0.3 is 0 Å². The first kappa shape index (κ1) is 14.2. The summed E-state index contributed by atoms with van der Waals surface area (Å²) in [6.07, 6.45) is 3.11. The van der Waals surface area contributed by atoms with Gasteiger partial charge in [0.1, 0.15) is 0 Å². The summed E-state index contributed by atoms with van der Waals surface area (Å²) in [5.74, 6) is 0.415. The van der Waals surface area contributed by atoms with Gasteiger partial charge in [0.2, 0.25) is 0 Å². The molecular formula is C12H17ClINO. The van der Waals surface area contributed by atoms with Crippen molar-refractivity contribution in [2.75, 3.05) is 0 Å². The molecule has 1 aliphatic rings. The van der Waals surface area contributed by atoms with E-state index in [-0.39, 0.29) is 24.6 Å². The summed E-state index contributed by atoms with van der Waals surface area (Å²) >= 11 is 2.27. The highest BCUT2D eigenvalue weighted by Crippen LogP contribution is 2.34. The Hall–Kier alpha value is 0.160. The van der Waals surface area contributed by atoms with E-state index in [0.717, 1.165) is 18.4 Å². The fourth-order valence-electron chi connectivity index (χ4n) is 1.99. The number of aliphatic hydroxyl groups excluding tert-OH is 1. The van der Waals surface area contributed by atoms with E-state index in [1.165, 1.54) is 9.99 Å². The lowest BCUT2D eigenvalue weighted by Crippen LogP contribution is -2.36. The van der Waals surface area contributed by atoms with Crippen LogP contribution in [-0.4, -0.2) is 11.2 Å². The second kappa shape index (κ2) is 6.19. The largest absolute Gasteiger partial charge is 0.391 e. The molecule has 3 N–H and O–H groups in total. The van der Waals surface area contributed by atoms with Crippen LogP contribution in [0.3, 0.4) is 0 Å². The van der Waals surface area contributed by atoms with Crippen LogP contribution in [0.2, 0.25) is 0 Å². The highest BCUT2D eigenvalue weighted by molar-refractivity contribution is 14.1. The molecule has 0 unspecified atom stereocenters. The van der Waals surface area contributed by atoms with E-state index < -0.39 is 0 Å². The molecule has 1 saturated carbocycles. The van der Waals surface area contributed by atoms with Crippen LogP contribution in [0.5, 0.6) is 0 Å². The molecule has 2 atom stereocenters. The van der Waals surface area contributed by atoms with Gasteiger partial charge in [0.15, 0.2) is 0 Å². The average Bonchev–Trinajstić information content (AvgIpc) is 2.14. The van der Waals surface area contributed by atoms with Gasteiger partial charge in [-0.2, -0.15) is 0 Å². The molecule has 0 amide bonds. The third-order valence-corrected chi connectivity index (χ3v) is 3.91. The Morgan fingerprint density at radius 1 is 1.38 bits per heavy atom. The number of halogens is 2. The minimum absolute atomic E-state index is 0. The van der Waals surface area contributed by atoms with E-state index in [9.17, 15) is 5.11 Å². The highest BCUT2D eigenvalue weighted by atomic mass is 127. The third kappa shape index (κ3) is 3.09. The monoisotopic (exact) mass is 353 g/mol. The Morgan fingerprint density at radius 2 is 2.06 bits per heavy atom. The third-order valence-electron chi connectivity index (χ3n) is 3.23. The summed E-state index contributed by atoms with van der Waals surface area (Å²) in [7, 11) is 0. The molecule has 0 radical (unpaired) electrons. The van der Waals surface area contributed by atoms with Crippen LogP contribution in [0.15, 0.2) is 24.3 Å². The van der Waals surface area contributed by atoms with Crippen molar-refractivity contribution in [1.29, 1.82) is 0 Å². The molecule has 0 aromatic heterocycles. The molecule has 2 nitrogen and oxygen atoms in total. The van der Waals surface area contributed by atoms with Crippen LogP contribution in [-0.2, 0) is 0 Å². The van der Waals surface area contributed by atoms with E-state index >= 15 is 0 Å². The zero-order valence-electron chi connectivity index (χ0n) is 8.97. The number of benzene rings is 1. The quantitative estimate of drug-likeness (QED) is 0.821. The molecule has 0 bridgehead atoms. The molecule has 0 aliphatic heterocycles. The Labute approximate surface area is 116 Å². The summed E-state index contributed by atoms with van der Waals surface area (Å²) in [4.78, 5) is 0. The van der Waals surface area contributed by atoms with Gasteiger partial charge in [-0.1, -0.05) is 18.6 Å². The Bertz CT molecular complexity index is 344. The van der Waals surface area contributed by atoms with Crippen molar-refractivity contribution in [2.45, 2.75) is 31.4 Å². The van der Waals surface area contributed by atoms with E-state index in [1.807, 2.05) is 24.3 Å². The molecule has 1 aromatic carbocycles. The van der Waals surface area contributed by atoms with Crippen molar-refractivity contribution in [1.82, 2.24) is 0 Å². The summed E-state index contributed by atoms with van der Waals surface area (Å²) in [5, 5.41) is 10.1. The summed E-state index contributed by atoms with van der Waals surface area (Å²) in [5.41, 5.74) is 7.11. The van der Waals surface area contributed by atoms with Crippen LogP contribution in [0, 0.1) is 9.49 Å². The molecule has 2 rings (SSSR count). The van der Waals surface area contributed by atoms with Crippen LogP contribution in [0.25, 0.3) is 0 Å². The second-order valence-corrected chi connectivity index (χ2v) is 5.51. The molecular weight excluding hydrogens is 336 g/mol. The lowest BCUT2D eigenvalue weighted by Gasteiger charge is -2.33. The van der Waals surface area contributed by atoms with E-state index in [1.54, 1.807) is 0 Å². The zero-order valence-corrected chi connectivity index (χ0v) is 11.9. The minimum Gasteiger partial charge on any atom is -0.391 e. The number of hydrogen-bond acceptors (Lipinski definition) is 2. The van der Waals surface area contributed by atoms with Crippen molar-refractivity contribution >= 4 is 35.0 Å². The summed E-state index contributed by atoms with van der Waals surface area (Å²) < 4.78 is 1.17. The maximum atomic E-state index is 10.1. The number of hydrogen-bond donors (Lipinski definition) is 2. The van der Waals surface area contributed by atoms with Gasteiger partial charge in [-0.05, 0) is 59.0 Å². The summed E-state index contributed by atoms with van der Waals surface area (Å²) in [6, 6.07) is 7.84. The predicted molar refractivity (Wildman–Crippen MR) is 76.7 cm³/mol. The van der Waals surface area contributed by atoms with Gasteiger partial charge in [0.05, 0.1) is 12.1 Å². The van der Waals surface area contributed by atoms with Crippen LogP contribution < -0.4 is 5.73 Å². The highest BCUT2D eigenvalue weighted by Gasteiger charge is 2.30. The van der Waals surface area contributed by atoms with Crippen molar-refractivity contribution in [3.63, 3.8) is 0 Å². The maximum Gasteiger partial charge on any atom is 0.0760 e. The normalized spacial score (nSPS) is 19.4. The number of aliphatic hydroxyl groups is 1. The van der Waals surface area contributed by atoms with Crippen molar-refractivity contribution in [2.24, 2.45) is 11.7 Å². The molecule has 1 aromatic rings. The smallest absolute Gasteiger partial charge is 0.0760 e. The topological polar surface area (TPSA) is 46.2 Å². The van der Waals surface area contributed by atoms with E-state index in [4.69, 9.17) is 5.73 Å². The number of rotatable bonds is 3. The van der Waals surface area contributed by atoms with Crippen LogP contribution in [0.1, 0.15) is 30.9 Å². The van der Waals surface area contributed by atoms with E-state index in [2.05, 4.69) is 22.6 Å². The molecule has 0 saturated heterocycles. The minimum atomic E-state index is -0.378. The van der Waals surface area contributed by atoms with Crippen LogP contribution >= 0.6 is 35.0 Å². The SMILES string of the molecule is Cl.N[C@H](c1cccc(I)c1)[C@@H](O)C1CCC1. The van der Waals surface area contributed by atoms with Crippen molar-refractivity contribution < 1.29 is 5.11 Å². The van der Waals surface area contributed by atoms with Gasteiger partial charge in [0, 0.05) is 3.57 Å². The standard InChI is InChI=1S/C12H16INO.ClH/c13-10-6-2-5-9(7-10)11(14)12(15)8-3-1-4-8;/h2,5-8,11-12,15H,1,3-4,14H2;1H/t11-,12+;/m1./s1. The lowest BCUT2D eigenvalue weighted by atomic mass is 9.77. The molecule has 4 heteroatoms. The molecule has 1 fully saturated rings. The van der Waals surface area contributed by atoms with Crippen LogP contribution in [0.4, 0.5) is 0 Å². The van der Waals surface area contributed by atoms with Crippen molar-refractivity contribution in [3.8, 4) is 0 Å². The Morgan fingerprint density at radius 3 is 2.56 bits per heavy atom.